The Morgan fingerprint density at radius 3 is 2.79 bits per heavy atom. The molecule has 0 atom stereocenters. The highest BCUT2D eigenvalue weighted by molar-refractivity contribution is 5.53. The topological polar surface area (TPSA) is 40.7 Å². The van der Waals surface area contributed by atoms with Gasteiger partial charge in [-0.1, -0.05) is 0 Å². The predicted molar refractivity (Wildman–Crippen MR) is 48.2 cm³/mol. The molecule has 14 heavy (non-hydrogen) atoms. The van der Waals surface area contributed by atoms with Crippen LogP contribution in [0.5, 0.6) is 0 Å². The normalized spacial score (nSPS) is 10.1. The summed E-state index contributed by atoms with van der Waals surface area (Å²) in [6.45, 7) is 0. The van der Waals surface area contributed by atoms with E-state index in [0.717, 1.165) is 6.07 Å². The van der Waals surface area contributed by atoms with Crippen molar-refractivity contribution in [3.63, 3.8) is 0 Å². The number of aromatic nitrogens is 2. The zero-order chi connectivity index (χ0) is 9.97. The Labute approximate surface area is 78.8 Å². The fourth-order valence-electron chi connectivity index (χ4n) is 1.05. The average Bonchev–Trinajstić information content (AvgIpc) is 2.62. The van der Waals surface area contributed by atoms with Crippen molar-refractivity contribution >= 4 is 11.6 Å². The number of benzene rings is 1. The van der Waals surface area contributed by atoms with Gasteiger partial charge in [-0.05, 0) is 12.1 Å². The van der Waals surface area contributed by atoms with Gasteiger partial charge in [-0.25, -0.2) is 13.8 Å². The Bertz CT molecular complexity index is 426. The van der Waals surface area contributed by atoms with E-state index in [0.29, 0.717) is 5.95 Å². The van der Waals surface area contributed by atoms with Gasteiger partial charge in [0.1, 0.15) is 11.6 Å². The summed E-state index contributed by atoms with van der Waals surface area (Å²) in [4.78, 5) is 6.59. The minimum Gasteiger partial charge on any atom is -0.331 e. The van der Waals surface area contributed by atoms with E-state index in [1.807, 2.05) is 0 Å². The van der Waals surface area contributed by atoms with E-state index in [4.69, 9.17) is 0 Å². The number of hydrogen-bond acceptors (Lipinski definition) is 2. The molecule has 0 unspecified atom stereocenters. The third-order valence-electron chi connectivity index (χ3n) is 1.68. The van der Waals surface area contributed by atoms with Crippen molar-refractivity contribution in [2.24, 2.45) is 0 Å². The third-order valence-corrected chi connectivity index (χ3v) is 1.68. The molecular weight excluding hydrogens is 188 g/mol. The van der Waals surface area contributed by atoms with Crippen LogP contribution >= 0.6 is 0 Å². The van der Waals surface area contributed by atoms with Gasteiger partial charge >= 0.3 is 0 Å². The lowest BCUT2D eigenvalue weighted by molar-refractivity contribution is 0.586. The summed E-state index contributed by atoms with van der Waals surface area (Å²) in [6, 6.07) is 3.30. The van der Waals surface area contributed by atoms with Gasteiger partial charge < -0.3 is 10.3 Å². The Balaban J connectivity index is 2.25. The Kier molecular flexibility index (Phi) is 2.14. The van der Waals surface area contributed by atoms with Crippen LogP contribution in [0.15, 0.2) is 30.6 Å². The Morgan fingerprint density at radius 2 is 2.14 bits per heavy atom. The number of hydrogen-bond donors (Lipinski definition) is 2. The van der Waals surface area contributed by atoms with Crippen molar-refractivity contribution in [3.8, 4) is 0 Å². The van der Waals surface area contributed by atoms with Gasteiger partial charge in [-0.2, -0.15) is 0 Å². The standard InChI is InChI=1S/C9H7F2N3/c10-6-1-2-8(7(11)5-6)14-9-12-3-4-13-9/h1-5H,(H2,12,13,14). The van der Waals surface area contributed by atoms with Crippen LogP contribution in [0.1, 0.15) is 0 Å². The summed E-state index contributed by atoms with van der Waals surface area (Å²) >= 11 is 0. The monoisotopic (exact) mass is 195 g/mol. The first-order chi connectivity index (χ1) is 6.75. The van der Waals surface area contributed by atoms with Crippen LogP contribution in [0.3, 0.4) is 0 Å². The predicted octanol–water partition coefficient (Wildman–Crippen LogP) is 2.43. The molecule has 1 heterocycles. The van der Waals surface area contributed by atoms with E-state index in [1.54, 1.807) is 6.20 Å². The molecule has 3 nitrogen and oxygen atoms in total. The maximum Gasteiger partial charge on any atom is 0.204 e. The second-order valence-corrected chi connectivity index (χ2v) is 2.69. The van der Waals surface area contributed by atoms with Gasteiger partial charge in [-0.3, -0.25) is 0 Å². The van der Waals surface area contributed by atoms with Crippen molar-refractivity contribution in [1.29, 1.82) is 0 Å². The van der Waals surface area contributed by atoms with Gasteiger partial charge in [-0.15, -0.1) is 0 Å². The highest BCUT2D eigenvalue weighted by Crippen LogP contribution is 2.17. The van der Waals surface area contributed by atoms with E-state index >= 15 is 0 Å². The van der Waals surface area contributed by atoms with Gasteiger partial charge in [0.05, 0.1) is 5.69 Å². The summed E-state index contributed by atoms with van der Waals surface area (Å²) in [5.41, 5.74) is 0.182. The van der Waals surface area contributed by atoms with Crippen molar-refractivity contribution in [1.82, 2.24) is 9.97 Å². The number of aromatic amines is 1. The first-order valence-corrected chi connectivity index (χ1v) is 3.97. The quantitative estimate of drug-likeness (QED) is 0.772. The molecule has 72 valence electrons. The summed E-state index contributed by atoms with van der Waals surface area (Å²) in [6.07, 6.45) is 3.13. The Morgan fingerprint density at radius 1 is 1.29 bits per heavy atom. The lowest BCUT2D eigenvalue weighted by atomic mass is 10.3. The highest BCUT2D eigenvalue weighted by atomic mass is 19.1. The molecule has 0 aliphatic heterocycles. The van der Waals surface area contributed by atoms with E-state index in [9.17, 15) is 8.78 Å². The maximum atomic E-state index is 13.1. The number of halogens is 2. The number of nitrogens with one attached hydrogen (secondary N) is 2. The molecule has 0 aliphatic carbocycles. The van der Waals surface area contributed by atoms with Crippen molar-refractivity contribution in [3.05, 3.63) is 42.2 Å². The number of rotatable bonds is 2. The van der Waals surface area contributed by atoms with Crippen LogP contribution in [0.25, 0.3) is 0 Å². The van der Waals surface area contributed by atoms with Crippen LogP contribution in [-0.2, 0) is 0 Å². The molecule has 0 fully saturated rings. The zero-order valence-corrected chi connectivity index (χ0v) is 7.09. The van der Waals surface area contributed by atoms with Crippen LogP contribution in [0.2, 0.25) is 0 Å². The molecule has 0 aliphatic rings. The van der Waals surface area contributed by atoms with E-state index in [2.05, 4.69) is 15.3 Å². The number of anilines is 2. The molecule has 0 saturated heterocycles. The maximum absolute atomic E-state index is 13.1. The molecule has 1 aromatic heterocycles. The zero-order valence-electron chi connectivity index (χ0n) is 7.09. The number of nitrogens with zero attached hydrogens (tertiary/aromatic N) is 1. The molecule has 0 bridgehead atoms. The minimum absolute atomic E-state index is 0.182. The molecule has 0 saturated carbocycles. The fraction of sp³-hybridized carbons (Fsp3) is 0. The summed E-state index contributed by atoms with van der Waals surface area (Å²) in [5, 5.41) is 2.67. The largest absolute Gasteiger partial charge is 0.331 e. The van der Waals surface area contributed by atoms with E-state index in [1.165, 1.54) is 18.3 Å². The fourth-order valence-corrected chi connectivity index (χ4v) is 1.05. The molecule has 0 radical (unpaired) electrons. The SMILES string of the molecule is Fc1ccc(Nc2ncc[nH]2)c(F)c1. The average molecular weight is 195 g/mol. The van der Waals surface area contributed by atoms with Crippen LogP contribution in [0.4, 0.5) is 20.4 Å². The lowest BCUT2D eigenvalue weighted by Crippen LogP contribution is -1.95. The summed E-state index contributed by atoms with van der Waals surface area (Å²) < 4.78 is 25.6. The molecular formula is C9H7F2N3. The number of H-pyrrole nitrogens is 1. The smallest absolute Gasteiger partial charge is 0.204 e. The van der Waals surface area contributed by atoms with Gasteiger partial charge in [0.25, 0.3) is 0 Å². The molecule has 1 aromatic carbocycles. The molecule has 2 rings (SSSR count). The van der Waals surface area contributed by atoms with Gasteiger partial charge in [0.2, 0.25) is 5.95 Å². The lowest BCUT2D eigenvalue weighted by Gasteiger charge is -2.03. The summed E-state index contributed by atoms with van der Waals surface area (Å²) in [5.74, 6) is -0.843. The van der Waals surface area contributed by atoms with Crippen LogP contribution in [-0.4, -0.2) is 9.97 Å². The first-order valence-electron chi connectivity index (χ1n) is 3.97. The van der Waals surface area contributed by atoms with Gasteiger partial charge in [0.15, 0.2) is 0 Å². The van der Waals surface area contributed by atoms with Crippen molar-refractivity contribution in [2.45, 2.75) is 0 Å². The molecule has 0 amide bonds. The van der Waals surface area contributed by atoms with E-state index < -0.39 is 11.6 Å². The van der Waals surface area contributed by atoms with Crippen molar-refractivity contribution in [2.75, 3.05) is 5.32 Å². The Hall–Kier alpha value is -1.91. The number of imidazole rings is 1. The van der Waals surface area contributed by atoms with Crippen molar-refractivity contribution < 1.29 is 8.78 Å². The third kappa shape index (κ3) is 1.71. The summed E-state index contributed by atoms with van der Waals surface area (Å²) in [7, 11) is 0. The van der Waals surface area contributed by atoms with Crippen LogP contribution in [0, 0.1) is 11.6 Å². The highest BCUT2D eigenvalue weighted by Gasteiger charge is 2.04. The molecule has 5 heteroatoms. The van der Waals surface area contributed by atoms with E-state index in [-0.39, 0.29) is 5.69 Å². The molecule has 2 N–H and O–H groups in total. The minimum atomic E-state index is -0.651. The second-order valence-electron chi connectivity index (χ2n) is 2.69. The molecule has 2 aromatic rings. The molecule has 0 spiro atoms. The van der Waals surface area contributed by atoms with Crippen LogP contribution < -0.4 is 5.32 Å². The first kappa shape index (κ1) is 8.68. The second kappa shape index (κ2) is 3.45. The van der Waals surface area contributed by atoms with Gasteiger partial charge in [0, 0.05) is 18.5 Å².